The van der Waals surface area contributed by atoms with Gasteiger partial charge in [0, 0.05) is 32.3 Å². The summed E-state index contributed by atoms with van der Waals surface area (Å²) in [7, 11) is -1.44. The number of carbonyl (C=O) groups is 1. The van der Waals surface area contributed by atoms with Crippen molar-refractivity contribution in [3.8, 4) is 11.6 Å². The van der Waals surface area contributed by atoms with Crippen LogP contribution in [0.5, 0.6) is 0 Å². The normalized spacial score (nSPS) is 17.1. The molecule has 2 aromatic rings. The molecule has 1 amide bonds. The molecule has 0 bridgehead atoms. The number of hydrogen-bond acceptors (Lipinski definition) is 7. The third kappa shape index (κ3) is 3.62. The van der Waals surface area contributed by atoms with Crippen molar-refractivity contribution < 1.29 is 17.6 Å². The average molecular weight is 354 g/mol. The van der Waals surface area contributed by atoms with Gasteiger partial charge in [-0.15, -0.1) is 5.10 Å². The van der Waals surface area contributed by atoms with Crippen LogP contribution in [0.25, 0.3) is 11.6 Å². The summed E-state index contributed by atoms with van der Waals surface area (Å²) in [5.74, 6) is -0.314. The van der Waals surface area contributed by atoms with Crippen LogP contribution in [-0.4, -0.2) is 58.0 Å². The molecule has 0 atom stereocenters. The third-order valence-electron chi connectivity index (χ3n) is 3.88. The van der Waals surface area contributed by atoms with E-state index < -0.39 is 10.0 Å². The number of rotatable bonds is 4. The highest BCUT2D eigenvalue weighted by atomic mass is 32.2. The zero-order chi connectivity index (χ0) is 17.3. The van der Waals surface area contributed by atoms with Crippen molar-refractivity contribution in [3.63, 3.8) is 0 Å². The molecule has 0 saturated carbocycles. The monoisotopic (exact) mass is 354 g/mol. The van der Waals surface area contributed by atoms with Gasteiger partial charge >= 0.3 is 6.01 Å². The Bertz CT molecular complexity index is 834. The Morgan fingerprint density at radius 3 is 2.62 bits per heavy atom. The molecule has 130 valence electrons. The topological polar surface area (TPSA) is 123 Å². The van der Waals surface area contributed by atoms with Gasteiger partial charge in [0.05, 0.1) is 6.26 Å². The van der Waals surface area contributed by atoms with E-state index in [2.05, 4.69) is 20.6 Å². The Hall–Kier alpha value is -2.27. The summed E-state index contributed by atoms with van der Waals surface area (Å²) < 4.78 is 31.3. The molecule has 2 aromatic heterocycles. The average Bonchev–Trinajstić information content (AvgIpc) is 3.15. The molecule has 1 fully saturated rings. The lowest BCUT2D eigenvalue weighted by Gasteiger charge is -2.28. The van der Waals surface area contributed by atoms with Crippen molar-refractivity contribution >= 4 is 21.9 Å². The fourth-order valence-electron chi connectivity index (χ4n) is 2.56. The Labute approximate surface area is 138 Å². The molecule has 1 aliphatic rings. The Morgan fingerprint density at radius 1 is 1.33 bits per heavy atom. The number of sulfonamides is 1. The minimum Gasteiger partial charge on any atom is -0.401 e. The zero-order valence-electron chi connectivity index (χ0n) is 13.3. The number of aromatic nitrogens is 4. The van der Waals surface area contributed by atoms with E-state index in [1.54, 1.807) is 24.0 Å². The van der Waals surface area contributed by atoms with Crippen molar-refractivity contribution in [1.29, 1.82) is 0 Å². The molecule has 0 unspecified atom stereocenters. The van der Waals surface area contributed by atoms with Crippen LogP contribution in [-0.2, 0) is 21.9 Å². The fraction of sp³-hybridized carbons (Fsp3) is 0.538. The maximum Gasteiger partial charge on any atom is 0.322 e. The third-order valence-corrected chi connectivity index (χ3v) is 5.18. The molecule has 1 aliphatic heterocycles. The van der Waals surface area contributed by atoms with E-state index in [9.17, 15) is 13.2 Å². The predicted molar refractivity (Wildman–Crippen MR) is 84.3 cm³/mol. The largest absolute Gasteiger partial charge is 0.401 e. The smallest absolute Gasteiger partial charge is 0.322 e. The quantitative estimate of drug-likeness (QED) is 0.824. The lowest BCUT2D eigenvalue weighted by atomic mass is 9.97. The van der Waals surface area contributed by atoms with Gasteiger partial charge in [-0.05, 0) is 18.9 Å². The number of hydrogen-bond donors (Lipinski definition) is 1. The van der Waals surface area contributed by atoms with Crippen molar-refractivity contribution in [1.82, 2.24) is 24.3 Å². The first kappa shape index (κ1) is 16.6. The number of nitrogens with zero attached hydrogens (tertiary/aromatic N) is 5. The lowest BCUT2D eigenvalue weighted by molar-refractivity contribution is -0.121. The highest BCUT2D eigenvalue weighted by molar-refractivity contribution is 7.88. The Morgan fingerprint density at radius 2 is 2.04 bits per heavy atom. The molecule has 0 aromatic carbocycles. The molecule has 3 heterocycles. The first-order chi connectivity index (χ1) is 11.3. The highest BCUT2D eigenvalue weighted by Crippen LogP contribution is 2.22. The number of amides is 1. The molecular weight excluding hydrogens is 336 g/mol. The summed E-state index contributed by atoms with van der Waals surface area (Å²) in [5, 5.41) is 14.4. The standard InChI is InChI=1S/C13H18N6O4S/c1-18-6-5-10(17-18)12-15-16-13(23-12)14-11(20)9-3-7-19(8-4-9)24(2,21)22/h5-6,9H,3-4,7-8H2,1-2H3,(H,14,16,20). The first-order valence-corrected chi connectivity index (χ1v) is 9.27. The molecule has 1 N–H and O–H groups in total. The molecule has 1 saturated heterocycles. The molecule has 24 heavy (non-hydrogen) atoms. The molecule has 10 nitrogen and oxygen atoms in total. The maximum atomic E-state index is 12.2. The van der Waals surface area contributed by atoms with Gasteiger partial charge in [-0.25, -0.2) is 12.7 Å². The van der Waals surface area contributed by atoms with E-state index in [1.165, 1.54) is 10.6 Å². The fourth-order valence-corrected chi connectivity index (χ4v) is 3.44. The Balaban J connectivity index is 1.59. The van der Waals surface area contributed by atoms with Crippen LogP contribution in [0.4, 0.5) is 6.01 Å². The van der Waals surface area contributed by atoms with E-state index in [-0.39, 0.29) is 23.7 Å². The molecule has 0 aliphatic carbocycles. The van der Waals surface area contributed by atoms with Gasteiger partial charge < -0.3 is 4.42 Å². The van der Waals surface area contributed by atoms with Crippen LogP contribution in [0, 0.1) is 5.92 Å². The van der Waals surface area contributed by atoms with Gasteiger partial charge in [-0.3, -0.25) is 14.8 Å². The molecule has 3 rings (SSSR count). The van der Waals surface area contributed by atoms with Crippen molar-refractivity contribution in [3.05, 3.63) is 12.3 Å². The number of piperidine rings is 1. The second-order valence-electron chi connectivity index (χ2n) is 5.71. The van der Waals surface area contributed by atoms with Crippen LogP contribution in [0.1, 0.15) is 12.8 Å². The van der Waals surface area contributed by atoms with Crippen LogP contribution in [0.3, 0.4) is 0 Å². The summed E-state index contributed by atoms with van der Waals surface area (Å²) in [4.78, 5) is 12.2. The predicted octanol–water partition coefficient (Wildman–Crippen LogP) is 0.0802. The number of nitrogens with one attached hydrogen (secondary N) is 1. The summed E-state index contributed by atoms with van der Waals surface area (Å²) in [6.45, 7) is 0.667. The van der Waals surface area contributed by atoms with Crippen LogP contribution < -0.4 is 5.32 Å². The van der Waals surface area contributed by atoms with Gasteiger partial charge in [0.2, 0.25) is 15.9 Å². The number of anilines is 1. The van der Waals surface area contributed by atoms with Crippen molar-refractivity contribution in [2.24, 2.45) is 13.0 Å². The minimum absolute atomic E-state index is 0.00574. The Kier molecular flexibility index (Phi) is 4.37. The van der Waals surface area contributed by atoms with E-state index in [1.807, 2.05) is 0 Å². The van der Waals surface area contributed by atoms with Gasteiger partial charge in [0.1, 0.15) is 5.69 Å². The maximum absolute atomic E-state index is 12.2. The van der Waals surface area contributed by atoms with Gasteiger partial charge in [-0.2, -0.15) is 5.10 Å². The van der Waals surface area contributed by atoms with Gasteiger partial charge in [-0.1, -0.05) is 5.10 Å². The van der Waals surface area contributed by atoms with Crippen LogP contribution >= 0.6 is 0 Å². The van der Waals surface area contributed by atoms with E-state index >= 15 is 0 Å². The second-order valence-corrected chi connectivity index (χ2v) is 7.70. The first-order valence-electron chi connectivity index (χ1n) is 7.42. The van der Waals surface area contributed by atoms with Crippen molar-refractivity contribution in [2.75, 3.05) is 24.7 Å². The van der Waals surface area contributed by atoms with E-state index in [0.717, 1.165) is 0 Å². The lowest BCUT2D eigenvalue weighted by Crippen LogP contribution is -2.40. The van der Waals surface area contributed by atoms with Crippen LogP contribution in [0.15, 0.2) is 16.7 Å². The van der Waals surface area contributed by atoms with E-state index in [0.29, 0.717) is 31.6 Å². The van der Waals surface area contributed by atoms with Crippen molar-refractivity contribution in [2.45, 2.75) is 12.8 Å². The molecule has 0 spiro atoms. The molecule has 0 radical (unpaired) electrons. The summed E-state index contributed by atoms with van der Waals surface area (Å²) >= 11 is 0. The highest BCUT2D eigenvalue weighted by Gasteiger charge is 2.29. The molecule has 11 heteroatoms. The summed E-state index contributed by atoms with van der Waals surface area (Å²) in [6.07, 6.45) is 3.83. The summed E-state index contributed by atoms with van der Waals surface area (Å²) in [5.41, 5.74) is 0.520. The number of aryl methyl sites for hydroxylation is 1. The number of carbonyl (C=O) groups excluding carboxylic acids is 1. The second kappa shape index (κ2) is 6.32. The zero-order valence-corrected chi connectivity index (χ0v) is 14.2. The SMILES string of the molecule is Cn1ccc(-c2nnc(NC(=O)C3CCN(S(C)(=O)=O)CC3)o2)n1. The van der Waals surface area contributed by atoms with Crippen LogP contribution in [0.2, 0.25) is 0 Å². The van der Waals surface area contributed by atoms with E-state index in [4.69, 9.17) is 4.42 Å². The molecular formula is C13H18N6O4S. The summed E-state index contributed by atoms with van der Waals surface area (Å²) in [6, 6.07) is 1.73. The van der Waals surface area contributed by atoms with Gasteiger partial charge in [0.15, 0.2) is 0 Å². The minimum atomic E-state index is -3.21. The van der Waals surface area contributed by atoms with Gasteiger partial charge in [0.25, 0.3) is 5.89 Å².